The van der Waals surface area contributed by atoms with Crippen molar-refractivity contribution < 1.29 is 9.32 Å². The molecule has 0 heterocycles. The fourth-order valence-corrected chi connectivity index (χ4v) is 3.30. The SMILES string of the molecule is CCCC/C=C(\[C@H](O)C(C)C)S(=O)c1ccc(C)cc1. The van der Waals surface area contributed by atoms with E-state index in [1.54, 1.807) is 0 Å². The Morgan fingerprint density at radius 2 is 1.90 bits per heavy atom. The van der Waals surface area contributed by atoms with Crippen LogP contribution in [0.4, 0.5) is 0 Å². The molecule has 2 atom stereocenters. The smallest absolute Gasteiger partial charge is 0.0896 e. The van der Waals surface area contributed by atoms with Gasteiger partial charge in [-0.2, -0.15) is 0 Å². The van der Waals surface area contributed by atoms with E-state index in [-0.39, 0.29) is 5.92 Å². The molecule has 1 N–H and O–H groups in total. The van der Waals surface area contributed by atoms with Gasteiger partial charge >= 0.3 is 0 Å². The highest BCUT2D eigenvalue weighted by Crippen LogP contribution is 2.23. The second kappa shape index (κ2) is 8.38. The third-order valence-corrected chi connectivity index (χ3v) is 4.81. The number of aliphatic hydroxyl groups is 1. The molecule has 1 aromatic rings. The molecule has 0 spiro atoms. The summed E-state index contributed by atoms with van der Waals surface area (Å²) in [5.41, 5.74) is 1.15. The fourth-order valence-electron chi connectivity index (χ4n) is 1.88. The van der Waals surface area contributed by atoms with Gasteiger partial charge in [0.1, 0.15) is 0 Å². The van der Waals surface area contributed by atoms with Gasteiger partial charge in [-0.15, -0.1) is 0 Å². The minimum absolute atomic E-state index is 0.0669. The third kappa shape index (κ3) is 4.88. The normalized spacial score (nSPS) is 15.4. The number of unbranched alkanes of at least 4 members (excludes halogenated alkanes) is 2. The number of rotatable bonds is 7. The highest BCUT2D eigenvalue weighted by atomic mass is 32.2. The predicted molar refractivity (Wildman–Crippen MR) is 86.0 cm³/mol. The fraction of sp³-hybridized carbons (Fsp3) is 0.529. The van der Waals surface area contributed by atoms with Crippen LogP contribution in [0, 0.1) is 12.8 Å². The molecular formula is C17H26O2S. The van der Waals surface area contributed by atoms with Crippen molar-refractivity contribution in [1.82, 2.24) is 0 Å². The largest absolute Gasteiger partial charge is 0.388 e. The Labute approximate surface area is 125 Å². The third-order valence-electron chi connectivity index (χ3n) is 3.28. The van der Waals surface area contributed by atoms with E-state index in [0.717, 1.165) is 29.7 Å². The van der Waals surface area contributed by atoms with Crippen LogP contribution in [0.5, 0.6) is 0 Å². The lowest BCUT2D eigenvalue weighted by atomic mass is 10.1. The first-order valence-electron chi connectivity index (χ1n) is 7.34. The summed E-state index contributed by atoms with van der Waals surface area (Å²) in [5, 5.41) is 10.3. The van der Waals surface area contributed by atoms with E-state index in [1.807, 2.05) is 51.1 Å². The maximum absolute atomic E-state index is 12.7. The molecule has 112 valence electrons. The maximum Gasteiger partial charge on any atom is 0.0896 e. The Morgan fingerprint density at radius 3 is 2.40 bits per heavy atom. The van der Waals surface area contributed by atoms with Crippen molar-refractivity contribution in [3.8, 4) is 0 Å². The van der Waals surface area contributed by atoms with Crippen molar-refractivity contribution in [1.29, 1.82) is 0 Å². The van der Waals surface area contributed by atoms with Gasteiger partial charge in [0.2, 0.25) is 0 Å². The van der Waals surface area contributed by atoms with E-state index in [4.69, 9.17) is 0 Å². The van der Waals surface area contributed by atoms with E-state index in [9.17, 15) is 9.32 Å². The average molecular weight is 294 g/mol. The predicted octanol–water partition coefficient (Wildman–Crippen LogP) is 4.19. The van der Waals surface area contributed by atoms with Gasteiger partial charge in [-0.3, -0.25) is 0 Å². The minimum Gasteiger partial charge on any atom is -0.388 e. The van der Waals surface area contributed by atoms with Gasteiger partial charge in [0, 0.05) is 9.80 Å². The Morgan fingerprint density at radius 1 is 1.30 bits per heavy atom. The summed E-state index contributed by atoms with van der Waals surface area (Å²) in [6.45, 7) is 8.03. The van der Waals surface area contributed by atoms with Crippen LogP contribution in [-0.4, -0.2) is 15.4 Å². The Hall–Kier alpha value is -0.930. The Bertz CT molecular complexity index is 460. The number of hydrogen-bond donors (Lipinski definition) is 1. The van der Waals surface area contributed by atoms with E-state index < -0.39 is 16.9 Å². The van der Waals surface area contributed by atoms with Crippen LogP contribution < -0.4 is 0 Å². The second-order valence-corrected chi connectivity index (χ2v) is 7.00. The van der Waals surface area contributed by atoms with Crippen molar-refractivity contribution in [3.63, 3.8) is 0 Å². The number of aryl methyl sites for hydroxylation is 1. The molecule has 1 rings (SSSR count). The summed E-state index contributed by atoms with van der Waals surface area (Å²) >= 11 is 0. The van der Waals surface area contributed by atoms with Crippen molar-refractivity contribution in [2.75, 3.05) is 0 Å². The first-order valence-corrected chi connectivity index (χ1v) is 8.49. The van der Waals surface area contributed by atoms with Crippen LogP contribution in [0.15, 0.2) is 40.1 Å². The van der Waals surface area contributed by atoms with Crippen LogP contribution in [0.2, 0.25) is 0 Å². The lowest BCUT2D eigenvalue weighted by Crippen LogP contribution is -2.21. The molecule has 1 aromatic carbocycles. The molecule has 0 aliphatic carbocycles. The molecule has 1 unspecified atom stereocenters. The lowest BCUT2D eigenvalue weighted by Gasteiger charge is -2.18. The molecule has 0 aliphatic rings. The first kappa shape index (κ1) is 17.1. The Balaban J connectivity index is 3.00. The molecule has 0 saturated heterocycles. The van der Waals surface area contributed by atoms with Crippen LogP contribution in [0.25, 0.3) is 0 Å². The van der Waals surface area contributed by atoms with Crippen molar-refractivity contribution >= 4 is 10.8 Å². The number of benzene rings is 1. The summed E-state index contributed by atoms with van der Waals surface area (Å²) in [6.07, 6.45) is 4.34. The van der Waals surface area contributed by atoms with Crippen molar-refractivity contribution in [3.05, 3.63) is 40.8 Å². The van der Waals surface area contributed by atoms with Gasteiger partial charge in [0.05, 0.1) is 16.9 Å². The molecular weight excluding hydrogens is 268 g/mol. The molecule has 20 heavy (non-hydrogen) atoms. The number of hydrogen-bond acceptors (Lipinski definition) is 2. The quantitative estimate of drug-likeness (QED) is 0.765. The lowest BCUT2D eigenvalue weighted by molar-refractivity contribution is 0.167. The van der Waals surface area contributed by atoms with Crippen LogP contribution >= 0.6 is 0 Å². The monoisotopic (exact) mass is 294 g/mol. The summed E-state index contributed by atoms with van der Waals surface area (Å²) in [7, 11) is -1.27. The van der Waals surface area contributed by atoms with Gasteiger partial charge in [-0.1, -0.05) is 57.4 Å². The second-order valence-electron chi connectivity index (χ2n) is 5.52. The molecule has 0 amide bonds. The number of allylic oxidation sites excluding steroid dienone is 1. The van der Waals surface area contributed by atoms with Gasteiger partial charge in [-0.05, 0) is 31.4 Å². The maximum atomic E-state index is 12.7. The first-order chi connectivity index (χ1) is 9.47. The van der Waals surface area contributed by atoms with Crippen LogP contribution in [-0.2, 0) is 10.8 Å². The van der Waals surface area contributed by atoms with Crippen LogP contribution in [0.3, 0.4) is 0 Å². The highest BCUT2D eigenvalue weighted by Gasteiger charge is 2.21. The molecule has 0 aliphatic heterocycles. The molecule has 0 radical (unpaired) electrons. The minimum atomic E-state index is -1.27. The highest BCUT2D eigenvalue weighted by molar-refractivity contribution is 7.89. The molecule has 0 saturated carbocycles. The van der Waals surface area contributed by atoms with Crippen molar-refractivity contribution in [2.24, 2.45) is 5.92 Å². The van der Waals surface area contributed by atoms with Gasteiger partial charge in [-0.25, -0.2) is 4.21 Å². The zero-order valence-corrected chi connectivity index (χ0v) is 13.7. The summed E-state index contributed by atoms with van der Waals surface area (Å²) in [6, 6.07) is 7.68. The zero-order valence-electron chi connectivity index (χ0n) is 12.9. The van der Waals surface area contributed by atoms with Gasteiger partial charge < -0.3 is 5.11 Å². The van der Waals surface area contributed by atoms with Crippen molar-refractivity contribution in [2.45, 2.75) is 58.0 Å². The molecule has 0 bridgehead atoms. The van der Waals surface area contributed by atoms with Gasteiger partial charge in [0.25, 0.3) is 0 Å². The Kier molecular flexibility index (Phi) is 7.17. The van der Waals surface area contributed by atoms with Gasteiger partial charge in [0.15, 0.2) is 0 Å². The average Bonchev–Trinajstić information content (AvgIpc) is 2.43. The summed E-state index contributed by atoms with van der Waals surface area (Å²) in [4.78, 5) is 1.41. The van der Waals surface area contributed by atoms with Crippen LogP contribution in [0.1, 0.15) is 45.6 Å². The molecule has 3 heteroatoms. The molecule has 0 aromatic heterocycles. The number of aliphatic hydroxyl groups excluding tert-OH is 1. The zero-order chi connectivity index (χ0) is 15.1. The topological polar surface area (TPSA) is 37.3 Å². The molecule has 2 nitrogen and oxygen atoms in total. The van der Waals surface area contributed by atoms with E-state index in [1.165, 1.54) is 0 Å². The van der Waals surface area contributed by atoms with E-state index >= 15 is 0 Å². The van der Waals surface area contributed by atoms with E-state index in [2.05, 4.69) is 6.92 Å². The summed E-state index contributed by atoms with van der Waals surface area (Å²) in [5.74, 6) is 0.0669. The molecule has 0 fully saturated rings. The summed E-state index contributed by atoms with van der Waals surface area (Å²) < 4.78 is 12.7. The standard InChI is InChI=1S/C17H26O2S/c1-5-6-7-8-16(17(18)13(2)3)20(19)15-11-9-14(4)10-12-15/h8-13,17-18H,5-7H2,1-4H3/b16-8+/t17-,20?/m1/s1. The van der Waals surface area contributed by atoms with E-state index in [0.29, 0.717) is 4.91 Å².